The van der Waals surface area contributed by atoms with E-state index in [4.69, 9.17) is 0 Å². The van der Waals surface area contributed by atoms with Gasteiger partial charge in [0.1, 0.15) is 5.83 Å². The van der Waals surface area contributed by atoms with Gasteiger partial charge in [0, 0.05) is 6.42 Å². The highest BCUT2D eigenvalue weighted by atomic mass is 19.1. The first-order valence-electron chi connectivity index (χ1n) is 8.36. The first kappa shape index (κ1) is 16.4. The van der Waals surface area contributed by atoms with Gasteiger partial charge >= 0.3 is 0 Å². The second-order valence-electron chi connectivity index (χ2n) is 7.32. The molecule has 0 aliphatic carbocycles. The molecule has 0 bridgehead atoms. The van der Waals surface area contributed by atoms with Crippen molar-refractivity contribution in [1.82, 2.24) is 0 Å². The third-order valence-corrected chi connectivity index (χ3v) is 4.29. The van der Waals surface area contributed by atoms with Crippen LogP contribution in [0, 0.1) is 0 Å². The molecule has 1 heteroatoms. The molecule has 0 atom stereocenters. The van der Waals surface area contributed by atoms with Crippen molar-refractivity contribution in [1.29, 1.82) is 0 Å². The summed E-state index contributed by atoms with van der Waals surface area (Å²) in [6, 6.07) is 22.4. The van der Waals surface area contributed by atoms with Crippen molar-refractivity contribution in [2.24, 2.45) is 0 Å². The van der Waals surface area contributed by atoms with E-state index >= 15 is 0 Å². The molecule has 0 saturated heterocycles. The summed E-state index contributed by atoms with van der Waals surface area (Å²) >= 11 is 0. The molecule has 0 heterocycles. The van der Waals surface area contributed by atoms with Crippen LogP contribution in [-0.2, 0) is 11.8 Å². The van der Waals surface area contributed by atoms with Gasteiger partial charge in [-0.05, 0) is 45.0 Å². The van der Waals surface area contributed by atoms with Gasteiger partial charge in [0.2, 0.25) is 0 Å². The van der Waals surface area contributed by atoms with E-state index in [0.717, 1.165) is 16.5 Å². The lowest BCUT2D eigenvalue weighted by Gasteiger charge is -2.19. The zero-order valence-corrected chi connectivity index (χ0v) is 14.5. The lowest BCUT2D eigenvalue weighted by molar-refractivity contribution is 0.589. The quantitative estimate of drug-likeness (QED) is 0.504. The molecule has 0 fully saturated rings. The van der Waals surface area contributed by atoms with Crippen LogP contribution >= 0.6 is 0 Å². The topological polar surface area (TPSA) is 0 Å². The summed E-state index contributed by atoms with van der Waals surface area (Å²) in [5.41, 5.74) is 3.29. The van der Waals surface area contributed by atoms with Crippen molar-refractivity contribution in [3.05, 3.63) is 89.2 Å². The van der Waals surface area contributed by atoms with Crippen LogP contribution in [0.5, 0.6) is 0 Å². The highest BCUT2D eigenvalue weighted by molar-refractivity contribution is 5.84. The molecule has 0 saturated carbocycles. The summed E-state index contributed by atoms with van der Waals surface area (Å²) in [6.45, 7) is 6.55. The Labute approximate surface area is 143 Å². The molecule has 0 spiro atoms. The van der Waals surface area contributed by atoms with E-state index in [0.29, 0.717) is 6.42 Å². The van der Waals surface area contributed by atoms with E-state index in [2.05, 4.69) is 45.0 Å². The summed E-state index contributed by atoms with van der Waals surface area (Å²) in [5.74, 6) is -0.117. The molecule has 3 aromatic carbocycles. The molecular weight excluding hydrogens is 295 g/mol. The molecule has 0 radical (unpaired) electrons. The van der Waals surface area contributed by atoms with Crippen LogP contribution in [0.4, 0.5) is 4.39 Å². The zero-order valence-electron chi connectivity index (χ0n) is 14.5. The van der Waals surface area contributed by atoms with Crippen molar-refractivity contribution >= 4 is 16.8 Å². The molecule has 3 rings (SSSR count). The maximum Gasteiger partial charge on any atom is 0.105 e. The van der Waals surface area contributed by atoms with Crippen molar-refractivity contribution in [3.8, 4) is 0 Å². The molecular formula is C23H23F. The molecule has 0 aromatic heterocycles. The lowest BCUT2D eigenvalue weighted by atomic mass is 9.86. The number of allylic oxidation sites excluding steroid dienone is 1. The first-order valence-corrected chi connectivity index (χ1v) is 8.36. The molecule has 24 heavy (non-hydrogen) atoms. The molecule has 0 aliphatic rings. The largest absolute Gasteiger partial charge is 0.211 e. The predicted octanol–water partition coefficient (Wildman–Crippen LogP) is 6.69. The van der Waals surface area contributed by atoms with Crippen molar-refractivity contribution in [2.75, 3.05) is 0 Å². The minimum absolute atomic E-state index is 0.117. The number of halogens is 1. The number of benzene rings is 3. The molecule has 0 N–H and O–H groups in total. The van der Waals surface area contributed by atoms with Gasteiger partial charge in [0.05, 0.1) is 0 Å². The Kier molecular flexibility index (Phi) is 4.53. The third-order valence-electron chi connectivity index (χ3n) is 4.29. The zero-order chi connectivity index (χ0) is 17.2. The standard InChI is InChI=1S/C23H23F/c1-23(2,3)21-12-9-17(10-13-21)15-22(24)16-18-8-11-19-6-4-5-7-20(19)14-18/h4-14,16H,15H2,1-3H3/b22-16-. The Morgan fingerprint density at radius 3 is 2.21 bits per heavy atom. The summed E-state index contributed by atoms with van der Waals surface area (Å²) < 4.78 is 14.4. The van der Waals surface area contributed by atoms with Crippen LogP contribution in [-0.4, -0.2) is 0 Å². The monoisotopic (exact) mass is 318 g/mol. The molecule has 3 aromatic rings. The Hall–Kier alpha value is -2.41. The highest BCUT2D eigenvalue weighted by Gasteiger charge is 2.12. The second kappa shape index (κ2) is 6.60. The van der Waals surface area contributed by atoms with Crippen LogP contribution in [0.1, 0.15) is 37.5 Å². The molecule has 0 nitrogen and oxygen atoms in total. The van der Waals surface area contributed by atoms with Gasteiger partial charge in [-0.1, -0.05) is 81.4 Å². The van der Waals surface area contributed by atoms with Crippen LogP contribution in [0.3, 0.4) is 0 Å². The maximum atomic E-state index is 14.4. The predicted molar refractivity (Wildman–Crippen MR) is 102 cm³/mol. The number of hydrogen-bond acceptors (Lipinski definition) is 0. The summed E-state index contributed by atoms with van der Waals surface area (Å²) in [4.78, 5) is 0. The van der Waals surface area contributed by atoms with E-state index in [1.807, 2.05) is 42.5 Å². The molecule has 122 valence electrons. The van der Waals surface area contributed by atoms with E-state index in [9.17, 15) is 4.39 Å². The van der Waals surface area contributed by atoms with Crippen molar-refractivity contribution in [3.63, 3.8) is 0 Å². The smallest absolute Gasteiger partial charge is 0.105 e. The fourth-order valence-electron chi connectivity index (χ4n) is 2.85. The molecule has 0 amide bonds. The summed E-state index contributed by atoms with van der Waals surface area (Å²) in [5, 5.41) is 2.31. The normalized spacial score (nSPS) is 12.6. The first-order chi connectivity index (χ1) is 11.4. The van der Waals surface area contributed by atoms with Crippen molar-refractivity contribution in [2.45, 2.75) is 32.6 Å². The Morgan fingerprint density at radius 2 is 1.54 bits per heavy atom. The molecule has 0 unspecified atom stereocenters. The SMILES string of the molecule is CC(C)(C)c1ccc(C/C(F)=C/c2ccc3ccccc3c2)cc1. The molecule has 0 aliphatic heterocycles. The average molecular weight is 318 g/mol. The minimum Gasteiger partial charge on any atom is -0.211 e. The van der Waals surface area contributed by atoms with Crippen LogP contribution in [0.25, 0.3) is 16.8 Å². The fraction of sp³-hybridized carbons (Fsp3) is 0.217. The van der Waals surface area contributed by atoms with E-state index in [1.54, 1.807) is 6.08 Å². The summed E-state index contributed by atoms with van der Waals surface area (Å²) in [7, 11) is 0. The average Bonchev–Trinajstić information content (AvgIpc) is 2.54. The summed E-state index contributed by atoms with van der Waals surface area (Å²) in [6.07, 6.45) is 1.96. The van der Waals surface area contributed by atoms with E-state index in [-0.39, 0.29) is 11.2 Å². The van der Waals surface area contributed by atoms with Gasteiger partial charge < -0.3 is 0 Å². The van der Waals surface area contributed by atoms with Gasteiger partial charge in [-0.2, -0.15) is 0 Å². The van der Waals surface area contributed by atoms with Crippen LogP contribution < -0.4 is 0 Å². The van der Waals surface area contributed by atoms with Crippen LogP contribution in [0.2, 0.25) is 0 Å². The van der Waals surface area contributed by atoms with Crippen molar-refractivity contribution < 1.29 is 4.39 Å². The minimum atomic E-state index is -0.117. The maximum absolute atomic E-state index is 14.4. The Bertz CT molecular complexity index is 864. The Balaban J connectivity index is 1.77. The highest BCUT2D eigenvalue weighted by Crippen LogP contribution is 2.24. The van der Waals surface area contributed by atoms with Gasteiger partial charge in [0.25, 0.3) is 0 Å². The number of fused-ring (bicyclic) bond motifs is 1. The van der Waals surface area contributed by atoms with Crippen LogP contribution in [0.15, 0.2) is 72.6 Å². The van der Waals surface area contributed by atoms with Gasteiger partial charge in [-0.15, -0.1) is 0 Å². The Morgan fingerprint density at radius 1 is 0.875 bits per heavy atom. The number of rotatable bonds is 3. The lowest BCUT2D eigenvalue weighted by Crippen LogP contribution is -2.10. The third kappa shape index (κ3) is 3.91. The fourth-order valence-corrected chi connectivity index (χ4v) is 2.85. The van der Waals surface area contributed by atoms with Gasteiger partial charge in [-0.3, -0.25) is 0 Å². The number of hydrogen-bond donors (Lipinski definition) is 0. The van der Waals surface area contributed by atoms with Gasteiger partial charge in [-0.25, -0.2) is 4.39 Å². The van der Waals surface area contributed by atoms with Gasteiger partial charge in [0.15, 0.2) is 0 Å². The second-order valence-corrected chi connectivity index (χ2v) is 7.32. The van der Waals surface area contributed by atoms with E-state index < -0.39 is 0 Å². The van der Waals surface area contributed by atoms with E-state index in [1.165, 1.54) is 10.9 Å².